The molecule has 0 radical (unpaired) electrons. The Kier molecular flexibility index (Phi) is 66.7. The summed E-state index contributed by atoms with van der Waals surface area (Å²) in [6.45, 7) is 22.3. The third-order valence-corrected chi connectivity index (χ3v) is 0.944. The molecule has 84 valence electrons. The maximum atomic E-state index is 3.56. The third kappa shape index (κ3) is 69.3. The molecular formula is C14H28. The van der Waals surface area contributed by atoms with E-state index in [1.165, 1.54) is 5.57 Å². The first-order valence-corrected chi connectivity index (χ1v) is 5.21. The third-order valence-electron chi connectivity index (χ3n) is 0.944. The highest BCUT2D eigenvalue weighted by atomic mass is 13.7. The summed E-state index contributed by atoms with van der Waals surface area (Å²) in [7, 11) is 0. The van der Waals surface area contributed by atoms with E-state index >= 15 is 0 Å². The average molecular weight is 196 g/mol. The summed E-state index contributed by atoms with van der Waals surface area (Å²) >= 11 is 0. The van der Waals surface area contributed by atoms with Crippen molar-refractivity contribution in [2.75, 3.05) is 0 Å². The van der Waals surface area contributed by atoms with Gasteiger partial charge >= 0.3 is 0 Å². The van der Waals surface area contributed by atoms with E-state index in [1.807, 2.05) is 53.7 Å². The average Bonchev–Trinajstić information content (AvgIpc) is 2.33. The minimum Gasteiger partial charge on any atom is -0.0991 e. The van der Waals surface area contributed by atoms with E-state index in [1.54, 1.807) is 12.2 Å². The molecule has 0 amide bonds. The van der Waals surface area contributed by atoms with Gasteiger partial charge < -0.3 is 0 Å². The maximum Gasteiger partial charge on any atom is -0.0401 e. The Morgan fingerprint density at radius 1 is 0.857 bits per heavy atom. The maximum absolute atomic E-state index is 3.56. The normalized spacial score (nSPS) is 7.14. The van der Waals surface area contributed by atoms with Crippen molar-refractivity contribution in [2.45, 2.75) is 41.5 Å². The fourth-order valence-corrected chi connectivity index (χ4v) is 0.118. The van der Waals surface area contributed by atoms with Crippen molar-refractivity contribution in [1.29, 1.82) is 0 Å². The van der Waals surface area contributed by atoms with Gasteiger partial charge in [0.1, 0.15) is 0 Å². The van der Waals surface area contributed by atoms with Crippen LogP contribution in [0.5, 0.6) is 0 Å². The molecule has 0 N–H and O–H groups in total. The highest BCUT2D eigenvalue weighted by Crippen LogP contribution is 1.88. The lowest BCUT2D eigenvalue weighted by molar-refractivity contribution is 1.49. The fourth-order valence-electron chi connectivity index (χ4n) is 0.118. The first kappa shape index (κ1) is 23.1. The smallest absolute Gasteiger partial charge is 0.0401 e. The molecule has 0 aliphatic heterocycles. The lowest BCUT2D eigenvalue weighted by Gasteiger charge is -1.78. The molecule has 0 rings (SSSR count). The van der Waals surface area contributed by atoms with Crippen molar-refractivity contribution < 1.29 is 0 Å². The predicted molar refractivity (Wildman–Crippen MR) is 72.7 cm³/mol. The molecule has 0 aliphatic carbocycles. The van der Waals surface area contributed by atoms with E-state index in [0.717, 1.165) is 0 Å². The van der Waals surface area contributed by atoms with Crippen LogP contribution >= 0.6 is 0 Å². The molecule has 0 fully saturated rings. The zero-order valence-electron chi connectivity index (χ0n) is 10.9. The van der Waals surface area contributed by atoms with E-state index in [0.29, 0.717) is 0 Å². The Morgan fingerprint density at radius 2 is 1.14 bits per heavy atom. The van der Waals surface area contributed by atoms with Gasteiger partial charge in [0.05, 0.1) is 0 Å². The monoisotopic (exact) mass is 196 g/mol. The second-order valence-electron chi connectivity index (χ2n) is 1.71. The van der Waals surface area contributed by atoms with Gasteiger partial charge in [0.15, 0.2) is 0 Å². The molecule has 0 heterocycles. The first-order chi connectivity index (χ1) is 6.72. The Labute approximate surface area is 91.7 Å². The topological polar surface area (TPSA) is 0 Å². The Balaban J connectivity index is -0.0000000546. The van der Waals surface area contributed by atoms with Gasteiger partial charge in [0, 0.05) is 0 Å². The quantitative estimate of drug-likeness (QED) is 0.508. The summed E-state index contributed by atoms with van der Waals surface area (Å²) in [6, 6.07) is 0. The standard InChI is InChI=1S/C6H10.C4H6.2C2H6/c1-4-6(3)5-2;1-3-4-2;2*1-2/h4-5H,1H2,2-3H3;3-4H,1-2H2;2*1-2H3/b6-5-;;;. The molecule has 0 aromatic heterocycles. The molecule has 0 saturated carbocycles. The molecule has 0 unspecified atom stereocenters. The molecule has 0 atom stereocenters. The molecule has 0 aliphatic rings. The second-order valence-corrected chi connectivity index (χ2v) is 1.71. The molecule has 0 spiro atoms. The zero-order valence-corrected chi connectivity index (χ0v) is 10.9. The predicted octanol–water partition coefficient (Wildman–Crippen LogP) is 5.55. The van der Waals surface area contributed by atoms with Crippen LogP contribution in [-0.4, -0.2) is 0 Å². The van der Waals surface area contributed by atoms with Crippen molar-refractivity contribution in [3.8, 4) is 0 Å². The summed E-state index contributed by atoms with van der Waals surface area (Å²) in [6.07, 6.45) is 7.13. The van der Waals surface area contributed by atoms with Crippen LogP contribution in [0.3, 0.4) is 0 Å². The van der Waals surface area contributed by atoms with E-state index < -0.39 is 0 Å². The Hall–Kier alpha value is -1.04. The van der Waals surface area contributed by atoms with Crippen LogP contribution < -0.4 is 0 Å². The molecule has 0 bridgehead atoms. The van der Waals surface area contributed by atoms with Crippen LogP contribution in [0.1, 0.15) is 41.5 Å². The summed E-state index contributed by atoms with van der Waals surface area (Å²) in [5, 5.41) is 0. The SMILES string of the molecule is C=C/C(C)=C\C.C=CC=C.CC.CC. The fraction of sp³-hybridized carbons (Fsp3) is 0.429. The largest absolute Gasteiger partial charge is 0.0991 e. The van der Waals surface area contributed by atoms with Gasteiger partial charge in [0.2, 0.25) is 0 Å². The molecule has 0 nitrogen and oxygen atoms in total. The van der Waals surface area contributed by atoms with Crippen LogP contribution in [0.25, 0.3) is 0 Å². The van der Waals surface area contributed by atoms with E-state index in [4.69, 9.17) is 0 Å². The van der Waals surface area contributed by atoms with Crippen molar-refractivity contribution in [3.63, 3.8) is 0 Å². The summed E-state index contributed by atoms with van der Waals surface area (Å²) in [5.74, 6) is 0. The van der Waals surface area contributed by atoms with E-state index in [9.17, 15) is 0 Å². The highest BCUT2D eigenvalue weighted by Gasteiger charge is 1.66. The van der Waals surface area contributed by atoms with Crippen LogP contribution in [0.4, 0.5) is 0 Å². The van der Waals surface area contributed by atoms with Gasteiger partial charge in [-0.3, -0.25) is 0 Å². The van der Waals surface area contributed by atoms with Crippen LogP contribution in [-0.2, 0) is 0 Å². The Morgan fingerprint density at radius 3 is 1.14 bits per heavy atom. The minimum atomic E-state index is 1.23. The Bertz CT molecular complexity index is 121. The first-order valence-electron chi connectivity index (χ1n) is 5.21. The van der Waals surface area contributed by atoms with Crippen LogP contribution in [0.15, 0.2) is 49.6 Å². The molecular weight excluding hydrogens is 168 g/mol. The lowest BCUT2D eigenvalue weighted by Crippen LogP contribution is -1.57. The number of hydrogen-bond acceptors (Lipinski definition) is 0. The van der Waals surface area contributed by atoms with Crippen LogP contribution in [0, 0.1) is 0 Å². The van der Waals surface area contributed by atoms with Crippen LogP contribution in [0.2, 0.25) is 0 Å². The lowest BCUT2D eigenvalue weighted by atomic mass is 10.3. The van der Waals surface area contributed by atoms with Gasteiger partial charge in [0.25, 0.3) is 0 Å². The van der Waals surface area contributed by atoms with Gasteiger partial charge in [-0.25, -0.2) is 0 Å². The zero-order chi connectivity index (χ0) is 12.4. The minimum absolute atomic E-state index is 1.23. The number of hydrogen-bond donors (Lipinski definition) is 0. The highest BCUT2D eigenvalue weighted by molar-refractivity contribution is 5.10. The van der Waals surface area contributed by atoms with Gasteiger partial charge in [-0.05, 0) is 13.8 Å². The number of rotatable bonds is 2. The van der Waals surface area contributed by atoms with Crippen molar-refractivity contribution in [2.24, 2.45) is 0 Å². The summed E-state index contributed by atoms with van der Waals surface area (Å²) in [4.78, 5) is 0. The van der Waals surface area contributed by atoms with Gasteiger partial charge in [-0.1, -0.05) is 77.3 Å². The van der Waals surface area contributed by atoms with Crippen molar-refractivity contribution >= 4 is 0 Å². The summed E-state index contributed by atoms with van der Waals surface area (Å²) in [5.41, 5.74) is 1.23. The molecule has 14 heavy (non-hydrogen) atoms. The second kappa shape index (κ2) is 40.4. The molecule has 0 aromatic rings. The van der Waals surface area contributed by atoms with Gasteiger partial charge in [-0.15, -0.1) is 0 Å². The van der Waals surface area contributed by atoms with Crippen molar-refractivity contribution in [1.82, 2.24) is 0 Å². The van der Waals surface area contributed by atoms with Gasteiger partial charge in [-0.2, -0.15) is 0 Å². The molecule has 0 saturated heterocycles. The molecule has 0 aromatic carbocycles. The van der Waals surface area contributed by atoms with E-state index in [2.05, 4.69) is 19.7 Å². The molecule has 0 heteroatoms. The van der Waals surface area contributed by atoms with E-state index in [-0.39, 0.29) is 0 Å². The summed E-state index contributed by atoms with van der Waals surface area (Å²) < 4.78 is 0. The van der Waals surface area contributed by atoms with Crippen molar-refractivity contribution in [3.05, 3.63) is 49.6 Å². The number of allylic oxidation sites excluding steroid dienone is 5.